The first-order valence-electron chi connectivity index (χ1n) is 10.4. The molecule has 1 aliphatic carbocycles. The molecule has 176 valence electrons. The Morgan fingerprint density at radius 1 is 0.909 bits per heavy atom. The van der Waals surface area contributed by atoms with Crippen molar-refractivity contribution < 1.29 is 16.8 Å². The van der Waals surface area contributed by atoms with Crippen LogP contribution < -0.4 is 21.5 Å². The molecular formula is C21H26N6O4S2. The zero-order valence-corrected chi connectivity index (χ0v) is 19.7. The molecule has 1 fully saturated rings. The van der Waals surface area contributed by atoms with Crippen molar-refractivity contribution in [3.8, 4) is 0 Å². The summed E-state index contributed by atoms with van der Waals surface area (Å²) in [6.45, 7) is 1.85. The van der Waals surface area contributed by atoms with Gasteiger partial charge in [-0.1, -0.05) is 24.1 Å². The van der Waals surface area contributed by atoms with Crippen molar-refractivity contribution in [3.63, 3.8) is 0 Å². The van der Waals surface area contributed by atoms with E-state index >= 15 is 0 Å². The summed E-state index contributed by atoms with van der Waals surface area (Å²) in [5, 5.41) is 5.36. The van der Waals surface area contributed by atoms with Crippen LogP contribution in [0.5, 0.6) is 0 Å². The average Bonchev–Trinajstić information content (AvgIpc) is 2.73. The third-order valence-electron chi connectivity index (χ3n) is 5.97. The van der Waals surface area contributed by atoms with Gasteiger partial charge >= 0.3 is 0 Å². The van der Waals surface area contributed by atoms with Crippen LogP contribution in [0, 0.1) is 6.92 Å². The maximum Gasteiger partial charge on any atom is 0.238 e. The molecule has 0 atom stereocenters. The number of hydrogen-bond donors (Lipinski definition) is 3. The first kappa shape index (κ1) is 23.2. The Morgan fingerprint density at radius 3 is 2.12 bits per heavy atom. The highest BCUT2D eigenvalue weighted by Crippen LogP contribution is 2.43. The number of sulfonamides is 1. The number of anilines is 1. The van der Waals surface area contributed by atoms with Crippen LogP contribution in [0.4, 0.5) is 5.69 Å². The molecule has 2 aromatic rings. The Kier molecular flexibility index (Phi) is 5.71. The molecular weight excluding hydrogens is 464 g/mol. The van der Waals surface area contributed by atoms with Crippen molar-refractivity contribution in [1.82, 2.24) is 0 Å². The van der Waals surface area contributed by atoms with E-state index in [-0.39, 0.29) is 32.3 Å². The van der Waals surface area contributed by atoms with Gasteiger partial charge in [-0.15, -0.1) is 0 Å². The van der Waals surface area contributed by atoms with Crippen LogP contribution in [0.2, 0.25) is 0 Å². The summed E-state index contributed by atoms with van der Waals surface area (Å²) < 4.78 is 51.6. The number of hydrogen-bond acceptors (Lipinski definition) is 9. The van der Waals surface area contributed by atoms with E-state index in [0.717, 1.165) is 24.8 Å². The predicted molar refractivity (Wildman–Crippen MR) is 126 cm³/mol. The summed E-state index contributed by atoms with van der Waals surface area (Å²) in [7, 11) is -8.19. The van der Waals surface area contributed by atoms with Gasteiger partial charge in [-0.05, 0) is 62.9 Å². The molecule has 10 nitrogen and oxygen atoms in total. The van der Waals surface area contributed by atoms with Crippen LogP contribution in [0.3, 0.4) is 0 Å². The monoisotopic (exact) mass is 490 g/mol. The van der Waals surface area contributed by atoms with Crippen molar-refractivity contribution in [2.24, 2.45) is 26.6 Å². The fraction of sp³-hybridized carbons (Fsp3) is 0.333. The minimum Gasteiger partial charge on any atom is -0.369 e. The minimum atomic E-state index is -4.13. The molecule has 4 rings (SSSR count). The van der Waals surface area contributed by atoms with Gasteiger partial charge in [0.1, 0.15) is 5.66 Å². The number of guanidine groups is 2. The first-order valence-corrected chi connectivity index (χ1v) is 13.5. The van der Waals surface area contributed by atoms with E-state index in [9.17, 15) is 16.8 Å². The van der Waals surface area contributed by atoms with Gasteiger partial charge in [0, 0.05) is 0 Å². The van der Waals surface area contributed by atoms with Gasteiger partial charge in [-0.25, -0.2) is 27.0 Å². The smallest absolute Gasteiger partial charge is 0.238 e. The van der Waals surface area contributed by atoms with Crippen molar-refractivity contribution in [1.29, 1.82) is 0 Å². The molecule has 1 aliphatic heterocycles. The molecule has 0 aromatic heterocycles. The van der Waals surface area contributed by atoms with Gasteiger partial charge in [0.05, 0.1) is 20.4 Å². The van der Waals surface area contributed by atoms with E-state index in [0.29, 0.717) is 12.8 Å². The van der Waals surface area contributed by atoms with Crippen LogP contribution in [-0.2, 0) is 19.9 Å². The molecule has 2 aliphatic rings. The van der Waals surface area contributed by atoms with Crippen LogP contribution in [-0.4, -0.2) is 34.4 Å². The van der Waals surface area contributed by atoms with E-state index in [2.05, 4.69) is 9.98 Å². The van der Waals surface area contributed by atoms with E-state index < -0.39 is 25.5 Å². The average molecular weight is 491 g/mol. The van der Waals surface area contributed by atoms with Crippen molar-refractivity contribution in [2.75, 3.05) is 4.90 Å². The van der Waals surface area contributed by atoms with Gasteiger partial charge in [-0.3, -0.25) is 4.90 Å². The molecule has 1 spiro atoms. The Hall–Kier alpha value is -2.96. The highest BCUT2D eigenvalue weighted by atomic mass is 32.2. The number of nitrogens with two attached hydrogens (primary N) is 3. The molecule has 0 bridgehead atoms. The topological polar surface area (TPSA) is 174 Å². The fourth-order valence-electron chi connectivity index (χ4n) is 4.39. The van der Waals surface area contributed by atoms with Crippen LogP contribution in [0.25, 0.3) is 0 Å². The zero-order valence-electron chi connectivity index (χ0n) is 18.1. The molecule has 0 unspecified atom stereocenters. The van der Waals surface area contributed by atoms with E-state index in [1.807, 2.05) is 6.92 Å². The SMILES string of the molecule is Cc1ccc(S(=O)(=O)c2ccc(S(N)(=O)=O)cc2N2C(N)=NC(N)=NC23CCCCC3)cc1. The van der Waals surface area contributed by atoms with Crippen LogP contribution in [0.1, 0.15) is 37.7 Å². The van der Waals surface area contributed by atoms with Gasteiger partial charge in [0.15, 0.2) is 0 Å². The summed E-state index contributed by atoms with van der Waals surface area (Å²) in [5.41, 5.74) is 12.2. The summed E-state index contributed by atoms with van der Waals surface area (Å²) in [4.78, 5) is 9.80. The normalized spacial score (nSPS) is 18.7. The third kappa shape index (κ3) is 4.21. The quantitative estimate of drug-likeness (QED) is 0.583. The number of nitrogens with zero attached hydrogens (tertiary/aromatic N) is 3. The summed E-state index contributed by atoms with van der Waals surface area (Å²) in [5.74, 6) is -0.0625. The van der Waals surface area contributed by atoms with Gasteiger partial charge in [-0.2, -0.15) is 4.99 Å². The van der Waals surface area contributed by atoms with Gasteiger partial charge in [0.2, 0.25) is 31.8 Å². The summed E-state index contributed by atoms with van der Waals surface area (Å²) in [6.07, 6.45) is 3.71. The standard InChI is InChI=1S/C21H26N6O4S2/c1-14-5-7-15(8-6-14)32(28,29)18-10-9-16(33(24,30)31)13-17(18)27-20(23)25-19(22)26-21(27)11-3-2-4-12-21/h5-10,13H,2-4,11-12H2,1H3,(H2,24,30,31)(H4,22,23,25,26). The molecule has 6 N–H and O–H groups in total. The second kappa shape index (κ2) is 8.12. The van der Waals surface area contributed by atoms with Crippen molar-refractivity contribution in [3.05, 3.63) is 48.0 Å². The second-order valence-corrected chi connectivity index (χ2v) is 11.8. The molecule has 12 heteroatoms. The number of benzene rings is 2. The Labute approximate surface area is 193 Å². The molecule has 33 heavy (non-hydrogen) atoms. The first-order chi connectivity index (χ1) is 15.4. The maximum absolute atomic E-state index is 13.7. The highest BCUT2D eigenvalue weighted by molar-refractivity contribution is 7.91. The number of primary sulfonamides is 1. The number of rotatable bonds is 4. The van der Waals surface area contributed by atoms with Gasteiger partial charge in [0.25, 0.3) is 0 Å². The lowest BCUT2D eigenvalue weighted by molar-refractivity contribution is 0.304. The third-order valence-corrected chi connectivity index (χ3v) is 8.70. The van der Waals surface area contributed by atoms with Gasteiger partial charge < -0.3 is 11.5 Å². The largest absolute Gasteiger partial charge is 0.369 e. The molecule has 1 heterocycles. The number of sulfone groups is 1. The number of aliphatic imine (C=N–C) groups is 2. The lowest BCUT2D eigenvalue weighted by atomic mass is 9.87. The lowest BCUT2D eigenvalue weighted by Gasteiger charge is -2.46. The maximum atomic E-state index is 13.7. The second-order valence-electron chi connectivity index (χ2n) is 8.31. The fourth-order valence-corrected chi connectivity index (χ4v) is 6.35. The van der Waals surface area contributed by atoms with Crippen LogP contribution in [0.15, 0.2) is 67.1 Å². The van der Waals surface area contributed by atoms with Crippen molar-refractivity contribution in [2.45, 2.75) is 59.4 Å². The molecule has 0 saturated heterocycles. The molecule has 1 saturated carbocycles. The van der Waals surface area contributed by atoms with E-state index in [1.165, 1.54) is 35.2 Å². The summed E-state index contributed by atoms with van der Waals surface area (Å²) >= 11 is 0. The summed E-state index contributed by atoms with van der Waals surface area (Å²) in [6, 6.07) is 10.00. The molecule has 0 amide bonds. The Morgan fingerprint density at radius 2 is 1.52 bits per heavy atom. The highest BCUT2D eigenvalue weighted by Gasteiger charge is 2.44. The number of aryl methyl sites for hydroxylation is 1. The molecule has 2 aromatic carbocycles. The van der Waals surface area contributed by atoms with Crippen LogP contribution >= 0.6 is 0 Å². The predicted octanol–water partition coefficient (Wildman–Crippen LogP) is 1.59. The minimum absolute atomic E-state index is 0.00353. The van der Waals surface area contributed by atoms with Crippen molar-refractivity contribution >= 4 is 37.5 Å². The zero-order chi connectivity index (χ0) is 24.0. The Bertz CT molecular complexity index is 1360. The Balaban J connectivity index is 2.00. The molecule has 0 radical (unpaired) electrons. The van der Waals surface area contributed by atoms with E-state index in [4.69, 9.17) is 16.6 Å². The lowest BCUT2D eigenvalue weighted by Crippen LogP contribution is -2.58. The van der Waals surface area contributed by atoms with E-state index in [1.54, 1.807) is 12.1 Å².